The molecule has 0 aliphatic heterocycles. The standard InChI is InChI=1S/C73H118NO6/c1-7-13-16-19-22-25-28-31-34-37-55-75-68-46-40-64(41-47-68)61-78-71-58-67(60-74(52-10-4,53-11-5)54-12-6)59-72(79-62-65-42-48-69(49-43-65)76-56-38-35-32-29-26-23-20-17-14-8-2)73(71)80-63-66-44-50-70(51-45-66)77-57-39-36-33-30-27-24-21-18-15-9-3/h40-51,58-59H,7-39,52-57,60-63H2,1-6H3/q+1. The van der Waals surface area contributed by atoms with Crippen molar-refractivity contribution >= 4 is 0 Å². The van der Waals surface area contributed by atoms with Crippen molar-refractivity contribution in [1.82, 2.24) is 0 Å². The van der Waals surface area contributed by atoms with Gasteiger partial charge in [-0.05, 0) is 104 Å². The first-order valence-corrected chi connectivity index (χ1v) is 33.5. The minimum Gasteiger partial charge on any atom is -0.494 e. The maximum Gasteiger partial charge on any atom is 0.203 e. The zero-order valence-electron chi connectivity index (χ0n) is 52.4. The summed E-state index contributed by atoms with van der Waals surface area (Å²) in [5.41, 5.74) is 4.41. The van der Waals surface area contributed by atoms with Gasteiger partial charge in [0.15, 0.2) is 11.5 Å². The molecule has 0 fully saturated rings. The molecule has 0 aliphatic rings. The minimum atomic E-state index is 0.364. The number of benzene rings is 4. The van der Waals surface area contributed by atoms with Crippen LogP contribution in [-0.4, -0.2) is 43.9 Å². The zero-order chi connectivity index (χ0) is 56.8. The van der Waals surface area contributed by atoms with Gasteiger partial charge in [0.05, 0.1) is 39.5 Å². The topological polar surface area (TPSA) is 55.4 Å². The maximum atomic E-state index is 6.89. The summed E-state index contributed by atoms with van der Waals surface area (Å²) in [7, 11) is 0. The van der Waals surface area contributed by atoms with Gasteiger partial charge in [-0.25, -0.2) is 0 Å². The lowest BCUT2D eigenvalue weighted by Gasteiger charge is -2.39. The first-order chi connectivity index (χ1) is 39.4. The molecule has 0 bridgehead atoms. The van der Waals surface area contributed by atoms with Gasteiger partial charge in [-0.2, -0.15) is 0 Å². The third kappa shape index (κ3) is 30.6. The molecular formula is C73H118NO6+. The van der Waals surface area contributed by atoms with E-state index in [-0.39, 0.29) is 0 Å². The van der Waals surface area contributed by atoms with E-state index in [1.807, 2.05) is 0 Å². The van der Waals surface area contributed by atoms with E-state index in [4.69, 9.17) is 28.4 Å². The highest BCUT2D eigenvalue weighted by atomic mass is 16.5. The predicted octanol–water partition coefficient (Wildman–Crippen LogP) is 21.9. The van der Waals surface area contributed by atoms with E-state index in [0.29, 0.717) is 37.1 Å². The van der Waals surface area contributed by atoms with E-state index in [2.05, 4.69) is 126 Å². The number of quaternary nitrogens is 1. The lowest BCUT2D eigenvalue weighted by molar-refractivity contribution is -0.941. The first-order valence-electron chi connectivity index (χ1n) is 33.5. The molecule has 0 amide bonds. The molecule has 4 aromatic carbocycles. The van der Waals surface area contributed by atoms with Gasteiger partial charge in [0, 0.05) is 5.56 Å². The highest BCUT2D eigenvalue weighted by molar-refractivity contribution is 5.54. The highest BCUT2D eigenvalue weighted by Gasteiger charge is 2.27. The number of rotatable bonds is 53. The van der Waals surface area contributed by atoms with Crippen molar-refractivity contribution in [2.75, 3.05) is 39.5 Å². The average Bonchev–Trinajstić information content (AvgIpc) is 3.50. The number of hydrogen-bond acceptors (Lipinski definition) is 6. The minimum absolute atomic E-state index is 0.364. The van der Waals surface area contributed by atoms with Gasteiger partial charge in [-0.15, -0.1) is 0 Å². The van der Waals surface area contributed by atoms with Crippen LogP contribution in [0, 0.1) is 0 Å². The fourth-order valence-electron chi connectivity index (χ4n) is 11.3. The predicted molar refractivity (Wildman–Crippen MR) is 340 cm³/mol. The van der Waals surface area contributed by atoms with Crippen molar-refractivity contribution in [2.45, 2.75) is 280 Å². The van der Waals surface area contributed by atoms with E-state index in [1.54, 1.807) is 0 Å². The molecule has 0 unspecified atom stereocenters. The Morgan fingerprint density at radius 3 is 0.800 bits per heavy atom. The smallest absolute Gasteiger partial charge is 0.203 e. The van der Waals surface area contributed by atoms with E-state index in [1.165, 1.54) is 179 Å². The molecule has 0 saturated heterocycles. The Bertz CT molecular complexity index is 1940. The van der Waals surface area contributed by atoms with Crippen LogP contribution in [0.1, 0.15) is 276 Å². The average molecular weight is 1110 g/mol. The Kier molecular flexibility index (Phi) is 38.5. The Balaban J connectivity index is 1.47. The molecule has 0 atom stereocenters. The van der Waals surface area contributed by atoms with Crippen LogP contribution in [0.3, 0.4) is 0 Å². The Labute approximate surface area is 491 Å². The summed E-state index contributed by atoms with van der Waals surface area (Å²) in [4.78, 5) is 0. The van der Waals surface area contributed by atoms with Crippen molar-refractivity contribution in [1.29, 1.82) is 0 Å². The molecule has 4 rings (SSSR count). The number of hydrogen-bond donors (Lipinski definition) is 0. The lowest BCUT2D eigenvalue weighted by atomic mass is 10.1. The van der Waals surface area contributed by atoms with Crippen LogP contribution < -0.4 is 28.4 Å². The zero-order valence-corrected chi connectivity index (χ0v) is 52.4. The largest absolute Gasteiger partial charge is 0.494 e. The fraction of sp³-hybridized carbons (Fsp3) is 0.671. The second-order valence-electron chi connectivity index (χ2n) is 23.5. The summed E-state index contributed by atoms with van der Waals surface area (Å²) < 4.78 is 40.3. The van der Waals surface area contributed by atoms with Gasteiger partial charge in [0.2, 0.25) is 5.75 Å². The van der Waals surface area contributed by atoms with E-state index in [9.17, 15) is 0 Å². The number of unbranched alkanes of at least 4 members (excludes halogenated alkanes) is 27. The Morgan fingerprint density at radius 1 is 0.263 bits per heavy atom. The van der Waals surface area contributed by atoms with Gasteiger partial charge < -0.3 is 32.9 Å². The van der Waals surface area contributed by atoms with Crippen molar-refractivity contribution in [3.05, 3.63) is 107 Å². The van der Waals surface area contributed by atoms with Crippen LogP contribution >= 0.6 is 0 Å². The molecule has 0 N–H and O–H groups in total. The first kappa shape index (κ1) is 68.1. The van der Waals surface area contributed by atoms with Gasteiger partial charge >= 0.3 is 0 Å². The fourth-order valence-corrected chi connectivity index (χ4v) is 11.3. The van der Waals surface area contributed by atoms with Crippen LogP contribution in [-0.2, 0) is 26.4 Å². The molecule has 7 nitrogen and oxygen atoms in total. The van der Waals surface area contributed by atoms with E-state index in [0.717, 1.165) is 123 Å². The Hall–Kier alpha value is -4.36. The van der Waals surface area contributed by atoms with Gasteiger partial charge in [0.1, 0.15) is 43.6 Å². The third-order valence-electron chi connectivity index (χ3n) is 15.9. The summed E-state index contributed by atoms with van der Waals surface area (Å²) in [6.07, 6.45) is 42.9. The molecule has 0 heterocycles. The van der Waals surface area contributed by atoms with Gasteiger partial charge in [-0.1, -0.05) is 251 Å². The molecule has 450 valence electrons. The van der Waals surface area contributed by atoms with Crippen molar-refractivity contribution in [3.63, 3.8) is 0 Å². The van der Waals surface area contributed by atoms with Crippen LogP contribution in [0.2, 0.25) is 0 Å². The monoisotopic (exact) mass is 1100 g/mol. The van der Waals surface area contributed by atoms with Crippen LogP contribution in [0.15, 0.2) is 84.9 Å². The van der Waals surface area contributed by atoms with Gasteiger partial charge in [-0.3, -0.25) is 0 Å². The molecule has 0 saturated carbocycles. The van der Waals surface area contributed by atoms with Crippen LogP contribution in [0.5, 0.6) is 34.5 Å². The summed E-state index contributed by atoms with van der Waals surface area (Å²) >= 11 is 0. The second kappa shape index (κ2) is 45.2. The number of nitrogens with zero attached hydrogens (tertiary/aromatic N) is 1. The van der Waals surface area contributed by atoms with E-state index < -0.39 is 0 Å². The lowest BCUT2D eigenvalue weighted by Crippen LogP contribution is -2.48. The molecule has 0 spiro atoms. The normalized spacial score (nSPS) is 11.5. The maximum absolute atomic E-state index is 6.89. The van der Waals surface area contributed by atoms with Crippen molar-refractivity contribution in [2.24, 2.45) is 0 Å². The Morgan fingerprint density at radius 2 is 0.525 bits per heavy atom. The molecule has 80 heavy (non-hydrogen) atoms. The molecule has 7 heteroatoms. The number of ether oxygens (including phenoxy) is 6. The highest BCUT2D eigenvalue weighted by Crippen LogP contribution is 2.42. The summed E-state index contributed by atoms with van der Waals surface area (Å²) in [6, 6.07) is 29.7. The molecular weight excluding hydrogens is 987 g/mol. The third-order valence-corrected chi connectivity index (χ3v) is 15.9. The quantitative estimate of drug-likeness (QED) is 0.0324. The molecule has 0 aromatic heterocycles. The summed E-state index contributed by atoms with van der Waals surface area (Å²) in [6.45, 7) is 21.5. The van der Waals surface area contributed by atoms with Crippen LogP contribution in [0.25, 0.3) is 0 Å². The SMILES string of the molecule is CCCCCCCCCCCCOc1ccc(COc2cc(C[N+](CCC)(CCC)CCC)cc(OCc3ccc(OCCCCCCCCCCCC)cc3)c2OCc2ccc(OCCCCCCCCCCCC)cc2)cc1. The summed E-state index contributed by atoms with van der Waals surface area (Å²) in [5, 5.41) is 0. The van der Waals surface area contributed by atoms with Crippen molar-refractivity contribution in [3.8, 4) is 34.5 Å². The summed E-state index contributed by atoms with van der Waals surface area (Å²) in [5.74, 6) is 4.75. The van der Waals surface area contributed by atoms with Crippen LogP contribution in [0.4, 0.5) is 0 Å². The van der Waals surface area contributed by atoms with E-state index >= 15 is 0 Å². The van der Waals surface area contributed by atoms with Gasteiger partial charge in [0.25, 0.3) is 0 Å². The second-order valence-corrected chi connectivity index (χ2v) is 23.5. The molecule has 0 aliphatic carbocycles. The molecule has 0 radical (unpaired) electrons. The van der Waals surface area contributed by atoms with Crippen molar-refractivity contribution < 1.29 is 32.9 Å². The molecule has 4 aromatic rings.